The van der Waals surface area contributed by atoms with Gasteiger partial charge in [0.2, 0.25) is 5.91 Å². The number of nitrogens with zero attached hydrogens (tertiary/aromatic N) is 2. The van der Waals surface area contributed by atoms with Crippen molar-refractivity contribution in [1.29, 1.82) is 0 Å². The third kappa shape index (κ3) is 2.86. The minimum absolute atomic E-state index is 0.0244. The number of hydrogen-bond donors (Lipinski definition) is 1. The highest BCUT2D eigenvalue weighted by atomic mass is 19.1. The fourth-order valence-corrected chi connectivity index (χ4v) is 2.48. The highest BCUT2D eigenvalue weighted by Gasteiger charge is 2.20. The Morgan fingerprint density at radius 2 is 2.14 bits per heavy atom. The first-order valence-corrected chi connectivity index (χ1v) is 6.88. The third-order valence-electron chi connectivity index (χ3n) is 3.75. The van der Waals surface area contributed by atoms with E-state index in [0.29, 0.717) is 13.1 Å². The number of aromatic nitrogens is 2. The fourth-order valence-electron chi connectivity index (χ4n) is 2.48. The van der Waals surface area contributed by atoms with Crippen LogP contribution in [0.3, 0.4) is 0 Å². The van der Waals surface area contributed by atoms with Gasteiger partial charge in [-0.15, -0.1) is 0 Å². The van der Waals surface area contributed by atoms with Crippen LogP contribution in [-0.2, 0) is 17.8 Å². The van der Waals surface area contributed by atoms with Gasteiger partial charge in [-0.3, -0.25) is 9.89 Å². The maximum atomic E-state index is 12.9. The van der Waals surface area contributed by atoms with Crippen molar-refractivity contribution in [1.82, 2.24) is 15.1 Å². The molecule has 2 heterocycles. The summed E-state index contributed by atoms with van der Waals surface area (Å²) in [7, 11) is 0. The van der Waals surface area contributed by atoms with Crippen molar-refractivity contribution >= 4 is 11.5 Å². The van der Waals surface area contributed by atoms with Gasteiger partial charge in [-0.1, -0.05) is 12.1 Å². The number of carbonyl (C=O) groups excluding carboxylic acids is 1. The van der Waals surface area contributed by atoms with Gasteiger partial charge in [0.25, 0.3) is 0 Å². The molecule has 21 heavy (non-hydrogen) atoms. The predicted octanol–water partition coefficient (Wildman–Crippen LogP) is 2.54. The van der Waals surface area contributed by atoms with Crippen molar-refractivity contribution in [2.45, 2.75) is 19.9 Å². The van der Waals surface area contributed by atoms with Crippen LogP contribution in [0.5, 0.6) is 0 Å². The zero-order valence-electron chi connectivity index (χ0n) is 11.8. The minimum atomic E-state index is -0.276. The van der Waals surface area contributed by atoms with Gasteiger partial charge in [0.1, 0.15) is 5.82 Å². The molecular formula is C16H16FN3O. The molecule has 0 unspecified atom stereocenters. The Bertz CT molecular complexity index is 688. The fraction of sp³-hybridized carbons (Fsp3) is 0.250. The molecule has 0 saturated carbocycles. The van der Waals surface area contributed by atoms with Gasteiger partial charge in [-0.05, 0) is 30.2 Å². The Hall–Kier alpha value is -2.43. The number of carbonyl (C=O) groups is 1. The molecule has 0 aliphatic carbocycles. The highest BCUT2D eigenvalue weighted by molar-refractivity contribution is 5.95. The SMILES string of the molecule is CC(=CC(=O)N1CCc2[nH]ncc2C1)c1ccc(F)cc1. The second-order valence-corrected chi connectivity index (χ2v) is 5.22. The van der Waals surface area contributed by atoms with E-state index >= 15 is 0 Å². The topological polar surface area (TPSA) is 49.0 Å². The first-order chi connectivity index (χ1) is 10.1. The highest BCUT2D eigenvalue weighted by Crippen LogP contribution is 2.19. The molecule has 108 valence electrons. The normalized spacial score (nSPS) is 15.0. The van der Waals surface area contributed by atoms with E-state index in [9.17, 15) is 9.18 Å². The minimum Gasteiger partial charge on any atom is -0.334 e. The van der Waals surface area contributed by atoms with Crippen molar-refractivity contribution in [2.24, 2.45) is 0 Å². The van der Waals surface area contributed by atoms with E-state index in [2.05, 4.69) is 10.2 Å². The summed E-state index contributed by atoms with van der Waals surface area (Å²) >= 11 is 0. The predicted molar refractivity (Wildman–Crippen MR) is 77.8 cm³/mol. The van der Waals surface area contributed by atoms with Crippen LogP contribution < -0.4 is 0 Å². The number of benzene rings is 1. The van der Waals surface area contributed by atoms with Gasteiger partial charge >= 0.3 is 0 Å². The van der Waals surface area contributed by atoms with Crippen LogP contribution >= 0.6 is 0 Å². The Morgan fingerprint density at radius 1 is 1.38 bits per heavy atom. The van der Waals surface area contributed by atoms with Gasteiger partial charge in [-0.25, -0.2) is 4.39 Å². The third-order valence-corrected chi connectivity index (χ3v) is 3.75. The molecule has 0 fully saturated rings. The number of H-pyrrole nitrogens is 1. The van der Waals surface area contributed by atoms with E-state index < -0.39 is 0 Å². The molecule has 5 heteroatoms. The Kier molecular flexibility index (Phi) is 3.56. The molecule has 1 aliphatic heterocycles. The Labute approximate surface area is 122 Å². The van der Waals surface area contributed by atoms with Crippen molar-refractivity contribution < 1.29 is 9.18 Å². The van der Waals surface area contributed by atoms with E-state index in [1.807, 2.05) is 6.92 Å². The number of nitrogens with one attached hydrogen (secondary N) is 1. The molecular weight excluding hydrogens is 269 g/mol. The van der Waals surface area contributed by atoms with Crippen LogP contribution in [0.25, 0.3) is 5.57 Å². The largest absolute Gasteiger partial charge is 0.334 e. The van der Waals surface area contributed by atoms with E-state index in [-0.39, 0.29) is 11.7 Å². The average molecular weight is 285 g/mol. The van der Waals surface area contributed by atoms with Gasteiger partial charge in [0.05, 0.1) is 6.20 Å². The van der Waals surface area contributed by atoms with Gasteiger partial charge in [-0.2, -0.15) is 5.10 Å². The second-order valence-electron chi connectivity index (χ2n) is 5.22. The quantitative estimate of drug-likeness (QED) is 0.862. The van der Waals surface area contributed by atoms with Crippen molar-refractivity contribution in [3.05, 3.63) is 59.2 Å². The van der Waals surface area contributed by atoms with E-state index in [4.69, 9.17) is 0 Å². The lowest BCUT2D eigenvalue weighted by Crippen LogP contribution is -2.34. The smallest absolute Gasteiger partial charge is 0.247 e. The van der Waals surface area contributed by atoms with Crippen molar-refractivity contribution in [2.75, 3.05) is 6.54 Å². The molecule has 0 spiro atoms. The molecule has 1 amide bonds. The second kappa shape index (κ2) is 5.52. The molecule has 0 bridgehead atoms. The Morgan fingerprint density at radius 3 is 2.90 bits per heavy atom. The first-order valence-electron chi connectivity index (χ1n) is 6.88. The number of hydrogen-bond acceptors (Lipinski definition) is 2. The zero-order valence-corrected chi connectivity index (χ0v) is 11.8. The molecule has 0 radical (unpaired) electrons. The van der Waals surface area contributed by atoms with Crippen LogP contribution in [0.1, 0.15) is 23.7 Å². The lowest BCUT2D eigenvalue weighted by Gasteiger charge is -2.25. The number of aromatic amines is 1. The van der Waals surface area contributed by atoms with Crippen molar-refractivity contribution in [3.8, 4) is 0 Å². The summed E-state index contributed by atoms with van der Waals surface area (Å²) in [5.41, 5.74) is 3.87. The maximum absolute atomic E-state index is 12.9. The lowest BCUT2D eigenvalue weighted by atomic mass is 10.1. The number of allylic oxidation sites excluding steroid dienone is 1. The monoisotopic (exact) mass is 285 g/mol. The van der Waals surface area contributed by atoms with Gasteiger partial charge < -0.3 is 4.90 Å². The molecule has 1 aromatic heterocycles. The van der Waals surface area contributed by atoms with Crippen LogP contribution in [0.15, 0.2) is 36.5 Å². The summed E-state index contributed by atoms with van der Waals surface area (Å²) < 4.78 is 12.9. The summed E-state index contributed by atoms with van der Waals surface area (Å²) in [4.78, 5) is 14.1. The summed E-state index contributed by atoms with van der Waals surface area (Å²) in [5, 5.41) is 6.95. The molecule has 0 saturated heterocycles. The van der Waals surface area contributed by atoms with Crippen LogP contribution in [0.2, 0.25) is 0 Å². The van der Waals surface area contributed by atoms with Gasteiger partial charge in [0, 0.05) is 36.8 Å². The standard InChI is InChI=1S/C16H16FN3O/c1-11(12-2-4-14(17)5-3-12)8-16(21)20-7-6-15-13(10-20)9-18-19-15/h2-5,8-9H,6-7,10H2,1H3,(H,18,19). The van der Waals surface area contributed by atoms with E-state index in [0.717, 1.165) is 28.8 Å². The average Bonchev–Trinajstić information content (AvgIpc) is 2.95. The molecule has 4 nitrogen and oxygen atoms in total. The van der Waals surface area contributed by atoms with Crippen LogP contribution in [0, 0.1) is 5.82 Å². The number of amides is 1. The first kappa shape index (κ1) is 13.5. The molecule has 1 aliphatic rings. The summed E-state index contributed by atoms with van der Waals surface area (Å²) in [6.45, 7) is 3.12. The Balaban J connectivity index is 1.74. The molecule has 1 aromatic carbocycles. The van der Waals surface area contributed by atoms with Crippen molar-refractivity contribution in [3.63, 3.8) is 0 Å². The molecule has 1 N–H and O–H groups in total. The molecule has 2 aromatic rings. The van der Waals surface area contributed by atoms with Crippen LogP contribution in [-0.4, -0.2) is 27.5 Å². The summed E-state index contributed by atoms with van der Waals surface area (Å²) in [6, 6.07) is 6.16. The summed E-state index contributed by atoms with van der Waals surface area (Å²) in [6.07, 6.45) is 4.17. The van der Waals surface area contributed by atoms with Gasteiger partial charge in [0.15, 0.2) is 0 Å². The number of halogens is 1. The van der Waals surface area contributed by atoms with E-state index in [1.165, 1.54) is 12.1 Å². The zero-order chi connectivity index (χ0) is 14.8. The number of fused-ring (bicyclic) bond motifs is 1. The number of rotatable bonds is 2. The summed E-state index contributed by atoms with van der Waals surface area (Å²) in [5.74, 6) is -0.301. The lowest BCUT2D eigenvalue weighted by molar-refractivity contribution is -0.126. The molecule has 3 rings (SSSR count). The molecule has 0 atom stereocenters. The maximum Gasteiger partial charge on any atom is 0.247 e. The van der Waals surface area contributed by atoms with Crippen LogP contribution in [0.4, 0.5) is 4.39 Å². The van der Waals surface area contributed by atoms with E-state index in [1.54, 1.807) is 29.3 Å².